The maximum atomic E-state index is 11.3. The number of nitro groups is 1. The number of nitro benzene ring substituents is 1. The summed E-state index contributed by atoms with van der Waals surface area (Å²) in [5, 5.41) is 13.4. The zero-order valence-electron chi connectivity index (χ0n) is 10.6. The molecule has 0 bridgehead atoms. The third-order valence-corrected chi connectivity index (χ3v) is 2.20. The van der Waals surface area contributed by atoms with E-state index in [4.69, 9.17) is 4.74 Å². The van der Waals surface area contributed by atoms with Gasteiger partial charge in [-0.2, -0.15) is 0 Å². The molecule has 6 heteroatoms. The van der Waals surface area contributed by atoms with Crippen molar-refractivity contribution in [1.29, 1.82) is 0 Å². The Morgan fingerprint density at radius 3 is 2.72 bits per heavy atom. The second-order valence-electron chi connectivity index (χ2n) is 4.26. The summed E-state index contributed by atoms with van der Waals surface area (Å²) in [6, 6.07) is 4.66. The number of nitrogens with one attached hydrogen (secondary N) is 1. The van der Waals surface area contributed by atoms with Crippen molar-refractivity contribution in [3.63, 3.8) is 0 Å². The van der Waals surface area contributed by atoms with Crippen LogP contribution in [0.5, 0.6) is 0 Å². The van der Waals surface area contributed by atoms with Crippen molar-refractivity contribution < 1.29 is 14.5 Å². The van der Waals surface area contributed by atoms with Gasteiger partial charge in [0.25, 0.3) is 5.69 Å². The van der Waals surface area contributed by atoms with Gasteiger partial charge in [0.15, 0.2) is 0 Å². The van der Waals surface area contributed by atoms with E-state index in [2.05, 4.69) is 5.32 Å². The van der Waals surface area contributed by atoms with Crippen molar-refractivity contribution in [1.82, 2.24) is 5.32 Å². The van der Waals surface area contributed by atoms with Crippen LogP contribution in [0.25, 0.3) is 0 Å². The van der Waals surface area contributed by atoms with Crippen molar-refractivity contribution in [3.8, 4) is 0 Å². The number of benzene rings is 1. The van der Waals surface area contributed by atoms with Gasteiger partial charge < -0.3 is 10.1 Å². The maximum Gasteiger partial charge on any atom is 0.407 e. The zero-order valence-corrected chi connectivity index (χ0v) is 10.6. The molecule has 0 aromatic heterocycles. The van der Waals surface area contributed by atoms with Gasteiger partial charge in [-0.3, -0.25) is 10.1 Å². The summed E-state index contributed by atoms with van der Waals surface area (Å²) in [6.45, 7) is 5.31. The average Bonchev–Trinajstić information content (AvgIpc) is 2.25. The molecule has 0 aliphatic carbocycles. The molecule has 0 heterocycles. The number of hydrogen-bond acceptors (Lipinski definition) is 4. The SMILES string of the molecule is Cc1ccc([N+](=O)[O-])c(COC(=O)NC(C)C)c1. The fourth-order valence-corrected chi connectivity index (χ4v) is 1.43. The first-order valence-electron chi connectivity index (χ1n) is 5.57. The number of hydrogen-bond donors (Lipinski definition) is 1. The predicted octanol–water partition coefficient (Wildman–Crippen LogP) is 2.54. The van der Waals surface area contributed by atoms with Crippen molar-refractivity contribution in [2.24, 2.45) is 0 Å². The minimum atomic E-state index is -0.583. The maximum absolute atomic E-state index is 11.3. The molecule has 0 spiro atoms. The average molecular weight is 252 g/mol. The summed E-state index contributed by atoms with van der Waals surface area (Å²) in [5.41, 5.74) is 1.22. The minimum Gasteiger partial charge on any atom is -0.444 e. The van der Waals surface area contributed by atoms with Crippen LogP contribution in [0.1, 0.15) is 25.0 Å². The lowest BCUT2D eigenvalue weighted by Gasteiger charge is -2.09. The molecule has 18 heavy (non-hydrogen) atoms. The molecule has 0 aliphatic rings. The summed E-state index contributed by atoms with van der Waals surface area (Å²) in [6.07, 6.45) is -0.583. The van der Waals surface area contributed by atoms with E-state index in [9.17, 15) is 14.9 Å². The molecule has 0 saturated heterocycles. The van der Waals surface area contributed by atoms with Crippen LogP contribution in [0.2, 0.25) is 0 Å². The Labute approximate surface area is 105 Å². The molecule has 1 aromatic rings. The number of alkyl carbamates (subject to hydrolysis) is 1. The molecule has 0 saturated carbocycles. The van der Waals surface area contributed by atoms with E-state index in [1.807, 2.05) is 6.92 Å². The van der Waals surface area contributed by atoms with Gasteiger partial charge in [-0.15, -0.1) is 0 Å². The summed E-state index contributed by atoms with van der Waals surface area (Å²) in [5.74, 6) is 0. The summed E-state index contributed by atoms with van der Waals surface area (Å²) < 4.78 is 4.93. The fraction of sp³-hybridized carbons (Fsp3) is 0.417. The third-order valence-electron chi connectivity index (χ3n) is 2.20. The van der Waals surface area contributed by atoms with Gasteiger partial charge in [0.05, 0.1) is 10.5 Å². The van der Waals surface area contributed by atoms with E-state index >= 15 is 0 Å². The molecule has 0 aliphatic heterocycles. The van der Waals surface area contributed by atoms with Gasteiger partial charge in [0.2, 0.25) is 0 Å². The van der Waals surface area contributed by atoms with E-state index in [0.29, 0.717) is 5.56 Å². The summed E-state index contributed by atoms with van der Waals surface area (Å²) >= 11 is 0. The molecule has 0 radical (unpaired) electrons. The highest BCUT2D eigenvalue weighted by Crippen LogP contribution is 2.20. The van der Waals surface area contributed by atoms with Crippen molar-refractivity contribution in [2.45, 2.75) is 33.4 Å². The molecular formula is C12H16N2O4. The Morgan fingerprint density at radius 1 is 1.50 bits per heavy atom. The standard InChI is InChI=1S/C12H16N2O4/c1-8(2)13-12(15)18-7-10-6-9(3)4-5-11(10)14(16)17/h4-6,8H,7H2,1-3H3,(H,13,15). The van der Waals surface area contributed by atoms with Crippen molar-refractivity contribution >= 4 is 11.8 Å². The van der Waals surface area contributed by atoms with Crippen LogP contribution < -0.4 is 5.32 Å². The Morgan fingerprint density at radius 2 is 2.17 bits per heavy atom. The minimum absolute atomic E-state index is 0.0370. The number of amides is 1. The molecule has 1 aromatic carbocycles. The molecule has 0 atom stereocenters. The lowest BCUT2D eigenvalue weighted by atomic mass is 10.1. The smallest absolute Gasteiger partial charge is 0.407 e. The Balaban J connectivity index is 2.74. The first-order chi connectivity index (χ1) is 8.40. The van der Waals surface area contributed by atoms with Crippen molar-refractivity contribution in [2.75, 3.05) is 0 Å². The highest BCUT2D eigenvalue weighted by molar-refractivity contribution is 5.67. The van der Waals surface area contributed by atoms with Gasteiger partial charge in [0, 0.05) is 12.1 Å². The number of carbonyl (C=O) groups excluding carboxylic acids is 1. The Hall–Kier alpha value is -2.11. The molecule has 1 amide bonds. The van der Waals surface area contributed by atoms with Crippen molar-refractivity contribution in [3.05, 3.63) is 39.4 Å². The first-order valence-corrected chi connectivity index (χ1v) is 5.57. The molecule has 98 valence electrons. The first kappa shape index (κ1) is 14.0. The Kier molecular flexibility index (Phi) is 4.65. The predicted molar refractivity (Wildman–Crippen MR) is 66.3 cm³/mol. The normalized spacial score (nSPS) is 10.2. The summed E-state index contributed by atoms with van der Waals surface area (Å²) in [7, 11) is 0. The second kappa shape index (κ2) is 6.00. The number of rotatable bonds is 4. The number of aryl methyl sites for hydroxylation is 1. The van der Waals surface area contributed by atoms with E-state index < -0.39 is 11.0 Å². The van der Waals surface area contributed by atoms with Gasteiger partial charge in [0.1, 0.15) is 6.61 Å². The lowest BCUT2D eigenvalue weighted by Crippen LogP contribution is -2.30. The highest BCUT2D eigenvalue weighted by Gasteiger charge is 2.15. The molecule has 0 unspecified atom stereocenters. The molecule has 1 rings (SSSR count). The van der Waals surface area contributed by atoms with Crippen LogP contribution >= 0.6 is 0 Å². The second-order valence-corrected chi connectivity index (χ2v) is 4.26. The molecule has 1 N–H and O–H groups in total. The highest BCUT2D eigenvalue weighted by atomic mass is 16.6. The van der Waals surface area contributed by atoms with E-state index in [0.717, 1.165) is 5.56 Å². The number of carbonyl (C=O) groups is 1. The van der Waals surface area contributed by atoms with Crippen LogP contribution in [0, 0.1) is 17.0 Å². The topological polar surface area (TPSA) is 81.5 Å². The Bertz CT molecular complexity index is 457. The molecule has 0 fully saturated rings. The fourth-order valence-electron chi connectivity index (χ4n) is 1.43. The largest absolute Gasteiger partial charge is 0.444 e. The quantitative estimate of drug-likeness (QED) is 0.659. The number of ether oxygens (including phenoxy) is 1. The van der Waals surface area contributed by atoms with Gasteiger partial charge in [-0.25, -0.2) is 4.79 Å². The van der Waals surface area contributed by atoms with E-state index in [1.165, 1.54) is 6.07 Å². The van der Waals surface area contributed by atoms with Crippen LogP contribution in [0.4, 0.5) is 10.5 Å². The monoisotopic (exact) mass is 252 g/mol. The van der Waals surface area contributed by atoms with Gasteiger partial charge in [-0.05, 0) is 26.8 Å². The van der Waals surface area contributed by atoms with Crippen LogP contribution in [0.15, 0.2) is 18.2 Å². The van der Waals surface area contributed by atoms with Crippen LogP contribution in [-0.2, 0) is 11.3 Å². The van der Waals surface area contributed by atoms with E-state index in [-0.39, 0.29) is 18.3 Å². The van der Waals surface area contributed by atoms with Gasteiger partial charge >= 0.3 is 6.09 Å². The lowest BCUT2D eigenvalue weighted by molar-refractivity contribution is -0.385. The molecular weight excluding hydrogens is 236 g/mol. The van der Waals surface area contributed by atoms with Gasteiger partial charge in [-0.1, -0.05) is 11.6 Å². The number of nitrogens with zero attached hydrogens (tertiary/aromatic N) is 1. The zero-order chi connectivity index (χ0) is 13.7. The van der Waals surface area contributed by atoms with E-state index in [1.54, 1.807) is 26.0 Å². The van der Waals surface area contributed by atoms with Crippen LogP contribution in [-0.4, -0.2) is 17.1 Å². The molecule has 6 nitrogen and oxygen atoms in total. The summed E-state index contributed by atoms with van der Waals surface area (Å²) in [4.78, 5) is 21.6. The van der Waals surface area contributed by atoms with Crippen LogP contribution in [0.3, 0.4) is 0 Å². The third kappa shape index (κ3) is 4.04.